The van der Waals surface area contributed by atoms with Crippen LogP contribution in [0.25, 0.3) is 0 Å². The highest BCUT2D eigenvalue weighted by molar-refractivity contribution is 9.10. The third-order valence-electron chi connectivity index (χ3n) is 5.94. The number of carbonyl (C=O) groups excluding carboxylic acids is 1. The molecule has 3 aromatic rings. The van der Waals surface area contributed by atoms with Gasteiger partial charge in [0.05, 0.1) is 6.21 Å². The molecule has 0 heterocycles. The van der Waals surface area contributed by atoms with Crippen LogP contribution in [0.1, 0.15) is 59.5 Å². The number of hydrogen-bond acceptors (Lipinski definition) is 4. The molecule has 1 saturated carbocycles. The second-order valence-electron chi connectivity index (χ2n) is 8.35. The summed E-state index contributed by atoms with van der Waals surface area (Å²) in [5.74, 6) is 1.94. The van der Waals surface area contributed by atoms with Gasteiger partial charge in [0.25, 0.3) is 5.91 Å². The minimum Gasteiger partial charge on any atom is -0.490 e. The summed E-state index contributed by atoms with van der Waals surface area (Å²) >= 11 is 3.47. The number of hydrogen-bond donors (Lipinski definition) is 1. The van der Waals surface area contributed by atoms with Gasteiger partial charge in [-0.25, -0.2) is 5.43 Å². The number of amides is 1. The van der Waals surface area contributed by atoms with Crippen molar-refractivity contribution in [3.63, 3.8) is 0 Å². The SMILES string of the molecule is O=C(NN=Cc1cc(Br)ccc1OCCOc1ccc(C2CCCCC2)cc1)c1ccccc1. The maximum absolute atomic E-state index is 12.2. The van der Waals surface area contributed by atoms with Crippen LogP contribution >= 0.6 is 15.9 Å². The van der Waals surface area contributed by atoms with Gasteiger partial charge in [-0.05, 0) is 66.8 Å². The summed E-state index contributed by atoms with van der Waals surface area (Å²) in [6.07, 6.45) is 8.20. The van der Waals surface area contributed by atoms with Crippen molar-refractivity contribution in [2.24, 2.45) is 5.10 Å². The van der Waals surface area contributed by atoms with Crippen LogP contribution in [0.5, 0.6) is 11.5 Å². The van der Waals surface area contributed by atoms with E-state index in [-0.39, 0.29) is 5.91 Å². The first-order chi connectivity index (χ1) is 16.7. The maximum Gasteiger partial charge on any atom is 0.271 e. The van der Waals surface area contributed by atoms with Gasteiger partial charge >= 0.3 is 0 Å². The smallest absolute Gasteiger partial charge is 0.271 e. The topological polar surface area (TPSA) is 59.9 Å². The van der Waals surface area contributed by atoms with Crippen LogP contribution in [-0.4, -0.2) is 25.3 Å². The molecule has 1 fully saturated rings. The quantitative estimate of drug-likeness (QED) is 0.193. The van der Waals surface area contributed by atoms with Crippen molar-refractivity contribution in [3.8, 4) is 11.5 Å². The molecule has 0 aromatic heterocycles. The number of nitrogens with zero attached hydrogens (tertiary/aromatic N) is 1. The first-order valence-electron chi connectivity index (χ1n) is 11.7. The third-order valence-corrected chi connectivity index (χ3v) is 6.44. The molecule has 1 aliphatic carbocycles. The van der Waals surface area contributed by atoms with Crippen molar-refractivity contribution >= 4 is 28.1 Å². The molecule has 4 rings (SSSR count). The first kappa shape index (κ1) is 24.0. The molecule has 1 N–H and O–H groups in total. The van der Waals surface area contributed by atoms with E-state index < -0.39 is 0 Å². The number of ether oxygens (including phenoxy) is 2. The van der Waals surface area contributed by atoms with Crippen molar-refractivity contribution < 1.29 is 14.3 Å². The average Bonchev–Trinajstić information content (AvgIpc) is 2.89. The lowest BCUT2D eigenvalue weighted by atomic mass is 9.84. The van der Waals surface area contributed by atoms with E-state index in [1.807, 2.05) is 36.4 Å². The first-order valence-corrected chi connectivity index (χ1v) is 12.5. The molecule has 1 amide bonds. The van der Waals surface area contributed by atoms with E-state index >= 15 is 0 Å². The van der Waals surface area contributed by atoms with Gasteiger partial charge in [0.1, 0.15) is 24.7 Å². The summed E-state index contributed by atoms with van der Waals surface area (Å²) < 4.78 is 12.7. The van der Waals surface area contributed by atoms with Crippen molar-refractivity contribution in [3.05, 3.63) is 94.0 Å². The van der Waals surface area contributed by atoms with Crippen LogP contribution in [0.2, 0.25) is 0 Å². The molecular weight excluding hydrogens is 492 g/mol. The molecule has 6 heteroatoms. The Morgan fingerprint density at radius 3 is 2.44 bits per heavy atom. The third kappa shape index (κ3) is 6.94. The van der Waals surface area contributed by atoms with Gasteiger partial charge in [0.15, 0.2) is 0 Å². The van der Waals surface area contributed by atoms with Crippen molar-refractivity contribution in [2.45, 2.75) is 38.0 Å². The van der Waals surface area contributed by atoms with Gasteiger partial charge in [-0.2, -0.15) is 5.10 Å². The molecule has 0 aliphatic heterocycles. The lowest BCUT2D eigenvalue weighted by Gasteiger charge is -2.22. The van der Waals surface area contributed by atoms with Crippen molar-refractivity contribution in [2.75, 3.05) is 13.2 Å². The molecule has 0 unspecified atom stereocenters. The highest BCUT2D eigenvalue weighted by atomic mass is 79.9. The maximum atomic E-state index is 12.2. The van der Waals surface area contributed by atoms with E-state index in [0.29, 0.717) is 30.4 Å². The molecule has 0 saturated heterocycles. The highest BCUT2D eigenvalue weighted by Crippen LogP contribution is 2.33. The predicted octanol–water partition coefficient (Wildman–Crippen LogP) is 6.72. The summed E-state index contributed by atoms with van der Waals surface area (Å²) in [6.45, 7) is 0.823. The zero-order valence-corrected chi connectivity index (χ0v) is 20.7. The van der Waals surface area contributed by atoms with E-state index in [1.54, 1.807) is 18.3 Å². The van der Waals surface area contributed by atoms with Crippen LogP contribution < -0.4 is 14.9 Å². The van der Waals surface area contributed by atoms with E-state index in [0.717, 1.165) is 15.8 Å². The number of halogens is 1. The van der Waals surface area contributed by atoms with Gasteiger partial charge in [0, 0.05) is 15.6 Å². The molecule has 0 bridgehead atoms. The molecule has 176 valence electrons. The average molecular weight is 521 g/mol. The Morgan fingerprint density at radius 2 is 1.68 bits per heavy atom. The number of carbonyl (C=O) groups is 1. The van der Waals surface area contributed by atoms with Gasteiger partial charge in [-0.3, -0.25) is 4.79 Å². The van der Waals surface area contributed by atoms with Gasteiger partial charge in [0.2, 0.25) is 0 Å². The zero-order valence-electron chi connectivity index (χ0n) is 19.1. The monoisotopic (exact) mass is 520 g/mol. The van der Waals surface area contributed by atoms with Crippen LogP contribution in [-0.2, 0) is 0 Å². The van der Waals surface area contributed by atoms with Crippen LogP contribution in [0.4, 0.5) is 0 Å². The Morgan fingerprint density at radius 1 is 0.941 bits per heavy atom. The summed E-state index contributed by atoms with van der Waals surface area (Å²) in [4.78, 5) is 12.2. The second kappa shape index (κ2) is 12.4. The summed E-state index contributed by atoms with van der Waals surface area (Å²) in [7, 11) is 0. The van der Waals surface area contributed by atoms with E-state index in [1.165, 1.54) is 37.7 Å². The lowest BCUT2D eigenvalue weighted by molar-refractivity contribution is 0.0955. The predicted molar refractivity (Wildman–Crippen MR) is 139 cm³/mol. The summed E-state index contributed by atoms with van der Waals surface area (Å²) in [5, 5.41) is 4.09. The standard InChI is InChI=1S/C28H29BrN2O3/c29-25-13-16-27(24(19-25)20-30-31-28(32)23-9-5-2-6-10-23)34-18-17-33-26-14-11-22(12-15-26)21-7-3-1-4-8-21/h2,5-6,9-16,19-21H,1,3-4,7-8,17-18H2,(H,31,32). The minimum atomic E-state index is -0.266. The Bertz CT molecular complexity index is 1090. The fourth-order valence-electron chi connectivity index (χ4n) is 4.15. The summed E-state index contributed by atoms with van der Waals surface area (Å²) in [6, 6.07) is 23.1. The van der Waals surface area contributed by atoms with Crippen LogP contribution in [0.15, 0.2) is 82.4 Å². The van der Waals surface area contributed by atoms with Gasteiger partial charge in [-0.15, -0.1) is 0 Å². The molecule has 0 spiro atoms. The molecule has 1 aliphatic rings. The molecule has 3 aromatic carbocycles. The van der Waals surface area contributed by atoms with E-state index in [9.17, 15) is 4.79 Å². The highest BCUT2D eigenvalue weighted by Gasteiger charge is 2.15. The Balaban J connectivity index is 1.27. The number of benzene rings is 3. The van der Waals surface area contributed by atoms with Crippen LogP contribution in [0.3, 0.4) is 0 Å². The fraction of sp³-hybridized carbons (Fsp3) is 0.286. The Hall–Kier alpha value is -3.12. The molecule has 0 radical (unpaired) electrons. The second-order valence-corrected chi connectivity index (χ2v) is 9.26. The minimum absolute atomic E-state index is 0.266. The lowest BCUT2D eigenvalue weighted by Crippen LogP contribution is -2.17. The fourth-order valence-corrected chi connectivity index (χ4v) is 4.53. The largest absolute Gasteiger partial charge is 0.490 e. The van der Waals surface area contributed by atoms with Crippen molar-refractivity contribution in [1.82, 2.24) is 5.43 Å². The molecular formula is C28H29BrN2O3. The van der Waals surface area contributed by atoms with Crippen molar-refractivity contribution in [1.29, 1.82) is 0 Å². The van der Waals surface area contributed by atoms with E-state index in [4.69, 9.17) is 9.47 Å². The molecule has 34 heavy (non-hydrogen) atoms. The molecule has 0 atom stereocenters. The molecule has 5 nitrogen and oxygen atoms in total. The zero-order chi connectivity index (χ0) is 23.6. The Kier molecular flexibility index (Phi) is 8.74. The van der Waals surface area contributed by atoms with E-state index in [2.05, 4.69) is 50.7 Å². The summed E-state index contributed by atoms with van der Waals surface area (Å²) in [5.41, 5.74) is 5.26. The number of hydrazone groups is 1. The Labute approximate surface area is 209 Å². The van der Waals surface area contributed by atoms with Gasteiger partial charge < -0.3 is 9.47 Å². The number of rotatable bonds is 9. The van der Waals surface area contributed by atoms with Gasteiger partial charge in [-0.1, -0.05) is 65.5 Å². The number of nitrogens with one attached hydrogen (secondary N) is 1. The van der Waals surface area contributed by atoms with Crippen LogP contribution in [0, 0.1) is 0 Å². The normalized spacial score (nSPS) is 14.1.